The number of unbranched alkanes of at least 4 members (excludes halogenated alkanes) is 9. The average Bonchev–Trinajstić information content (AvgIpc) is 2.67. The first-order valence-electron chi connectivity index (χ1n) is 10.3. The highest BCUT2D eigenvalue weighted by atomic mass is 14.9. The zero-order valence-electron chi connectivity index (χ0n) is 16.0. The van der Waals surface area contributed by atoms with Gasteiger partial charge in [0, 0.05) is 17.8 Å². The third-order valence-electron chi connectivity index (χ3n) is 4.86. The van der Waals surface area contributed by atoms with Crippen LogP contribution in [0.15, 0.2) is 54.6 Å². The Morgan fingerprint density at radius 2 is 1.16 bits per heavy atom. The molecule has 136 valence electrons. The van der Waals surface area contributed by atoms with E-state index in [1.807, 2.05) is 0 Å². The first kappa shape index (κ1) is 19.6. The fourth-order valence-electron chi connectivity index (χ4n) is 3.34. The highest BCUT2D eigenvalue weighted by Crippen LogP contribution is 2.27. The van der Waals surface area contributed by atoms with Crippen molar-refractivity contribution in [3.8, 4) is 11.1 Å². The van der Waals surface area contributed by atoms with Crippen LogP contribution in [0.2, 0.25) is 0 Å². The van der Waals surface area contributed by atoms with Gasteiger partial charge in [-0.1, -0.05) is 113 Å². The number of anilines is 1. The van der Waals surface area contributed by atoms with Gasteiger partial charge in [0.05, 0.1) is 0 Å². The van der Waals surface area contributed by atoms with Crippen LogP contribution in [-0.4, -0.2) is 6.54 Å². The van der Waals surface area contributed by atoms with Crippen LogP contribution in [-0.2, 0) is 0 Å². The summed E-state index contributed by atoms with van der Waals surface area (Å²) in [6, 6.07) is 19.3. The van der Waals surface area contributed by atoms with Crippen molar-refractivity contribution >= 4 is 5.69 Å². The second-order valence-electron chi connectivity index (χ2n) is 7.02. The van der Waals surface area contributed by atoms with E-state index in [1.54, 1.807) is 0 Å². The van der Waals surface area contributed by atoms with Crippen LogP contribution in [0, 0.1) is 0 Å². The molecule has 1 nitrogen and oxygen atoms in total. The lowest BCUT2D eigenvalue weighted by atomic mass is 10.0. The first-order valence-corrected chi connectivity index (χ1v) is 10.3. The van der Waals surface area contributed by atoms with Crippen molar-refractivity contribution in [3.05, 3.63) is 54.6 Å². The van der Waals surface area contributed by atoms with E-state index >= 15 is 0 Å². The lowest BCUT2D eigenvalue weighted by molar-refractivity contribution is 0.560. The molecule has 0 bridgehead atoms. The molecule has 1 heteroatoms. The van der Waals surface area contributed by atoms with Gasteiger partial charge in [0.25, 0.3) is 0 Å². The predicted octanol–water partition coefficient (Wildman–Crippen LogP) is 7.69. The molecule has 0 radical (unpaired) electrons. The first-order chi connectivity index (χ1) is 12.4. The zero-order chi connectivity index (χ0) is 17.6. The minimum Gasteiger partial charge on any atom is -0.385 e. The van der Waals surface area contributed by atoms with E-state index in [-0.39, 0.29) is 0 Å². The average molecular weight is 338 g/mol. The Bertz CT molecular complexity index is 561. The van der Waals surface area contributed by atoms with E-state index < -0.39 is 0 Å². The summed E-state index contributed by atoms with van der Waals surface area (Å²) in [7, 11) is 0. The van der Waals surface area contributed by atoms with E-state index in [0.29, 0.717) is 0 Å². The van der Waals surface area contributed by atoms with Gasteiger partial charge in [0.2, 0.25) is 0 Å². The number of hydrogen-bond donors (Lipinski definition) is 1. The number of benzene rings is 2. The second-order valence-corrected chi connectivity index (χ2v) is 7.02. The summed E-state index contributed by atoms with van der Waals surface area (Å²) in [6.07, 6.45) is 13.9. The lowest BCUT2D eigenvalue weighted by Gasteiger charge is -2.12. The molecule has 0 aliphatic carbocycles. The van der Waals surface area contributed by atoms with Crippen LogP contribution < -0.4 is 5.32 Å². The summed E-state index contributed by atoms with van der Waals surface area (Å²) in [4.78, 5) is 0. The Hall–Kier alpha value is -1.76. The number of hydrogen-bond acceptors (Lipinski definition) is 1. The van der Waals surface area contributed by atoms with Crippen LogP contribution in [0.25, 0.3) is 11.1 Å². The van der Waals surface area contributed by atoms with Gasteiger partial charge in [-0.3, -0.25) is 0 Å². The molecule has 2 rings (SSSR count). The Balaban J connectivity index is 1.60. The maximum atomic E-state index is 3.64. The highest BCUT2D eigenvalue weighted by molar-refractivity contribution is 5.77. The Kier molecular flexibility index (Phi) is 9.84. The van der Waals surface area contributed by atoms with Crippen molar-refractivity contribution in [3.63, 3.8) is 0 Å². The molecule has 0 heterocycles. The van der Waals surface area contributed by atoms with Gasteiger partial charge < -0.3 is 5.32 Å². The third-order valence-corrected chi connectivity index (χ3v) is 4.86. The van der Waals surface area contributed by atoms with Crippen LogP contribution in [0.5, 0.6) is 0 Å². The number of para-hydroxylation sites is 1. The summed E-state index contributed by atoms with van der Waals surface area (Å²) in [6.45, 7) is 3.35. The Morgan fingerprint density at radius 3 is 1.84 bits per heavy atom. The Morgan fingerprint density at radius 1 is 0.600 bits per heavy atom. The molecule has 0 aliphatic heterocycles. The van der Waals surface area contributed by atoms with Crippen molar-refractivity contribution in [2.45, 2.75) is 71.1 Å². The van der Waals surface area contributed by atoms with Crippen molar-refractivity contribution < 1.29 is 0 Å². The SMILES string of the molecule is CCCCCCCCCCCCNc1ccccc1-c1ccccc1. The fraction of sp³-hybridized carbons (Fsp3) is 0.500. The van der Waals surface area contributed by atoms with Crippen LogP contribution in [0.1, 0.15) is 71.1 Å². The van der Waals surface area contributed by atoms with E-state index in [9.17, 15) is 0 Å². The van der Waals surface area contributed by atoms with Gasteiger partial charge in [0.1, 0.15) is 0 Å². The molecule has 0 unspecified atom stereocenters. The van der Waals surface area contributed by atoms with Gasteiger partial charge in [-0.2, -0.15) is 0 Å². The molecule has 0 atom stereocenters. The molecular weight excluding hydrogens is 302 g/mol. The van der Waals surface area contributed by atoms with Crippen molar-refractivity contribution in [2.24, 2.45) is 0 Å². The standard InChI is InChI=1S/C24H35N/c1-2-3-4-5-6-7-8-9-10-16-21-25-24-20-15-14-19-23(24)22-17-12-11-13-18-22/h11-15,17-20,25H,2-10,16,21H2,1H3. The number of nitrogens with one attached hydrogen (secondary N) is 1. The maximum absolute atomic E-state index is 3.64. The molecule has 0 spiro atoms. The smallest absolute Gasteiger partial charge is 0.0419 e. The molecule has 2 aromatic rings. The Labute approximate surface area is 154 Å². The van der Waals surface area contributed by atoms with E-state index in [0.717, 1.165) is 6.54 Å². The van der Waals surface area contributed by atoms with Gasteiger partial charge >= 0.3 is 0 Å². The zero-order valence-corrected chi connectivity index (χ0v) is 16.0. The third kappa shape index (κ3) is 7.77. The van der Waals surface area contributed by atoms with E-state index in [4.69, 9.17) is 0 Å². The summed E-state index contributed by atoms with van der Waals surface area (Å²) in [5, 5.41) is 3.64. The summed E-state index contributed by atoms with van der Waals surface area (Å²) in [5.41, 5.74) is 3.84. The van der Waals surface area contributed by atoms with Crippen LogP contribution in [0.3, 0.4) is 0 Å². The molecule has 0 amide bonds. The van der Waals surface area contributed by atoms with Gasteiger partial charge in [-0.05, 0) is 18.1 Å². The summed E-state index contributed by atoms with van der Waals surface area (Å²) >= 11 is 0. The molecule has 1 N–H and O–H groups in total. The molecular formula is C24H35N. The van der Waals surface area contributed by atoms with Crippen molar-refractivity contribution in [2.75, 3.05) is 11.9 Å². The molecule has 0 fully saturated rings. The topological polar surface area (TPSA) is 12.0 Å². The fourth-order valence-corrected chi connectivity index (χ4v) is 3.34. The molecule has 0 saturated heterocycles. The molecule has 0 saturated carbocycles. The predicted molar refractivity (Wildman–Crippen MR) is 112 cm³/mol. The summed E-state index contributed by atoms with van der Waals surface area (Å²) < 4.78 is 0. The van der Waals surface area contributed by atoms with Gasteiger partial charge in [-0.15, -0.1) is 0 Å². The van der Waals surface area contributed by atoms with Crippen molar-refractivity contribution in [1.82, 2.24) is 0 Å². The maximum Gasteiger partial charge on any atom is 0.0419 e. The number of rotatable bonds is 13. The molecule has 2 aromatic carbocycles. The molecule has 0 aromatic heterocycles. The highest BCUT2D eigenvalue weighted by Gasteiger charge is 2.03. The van der Waals surface area contributed by atoms with Crippen LogP contribution >= 0.6 is 0 Å². The van der Waals surface area contributed by atoms with E-state index in [1.165, 1.54) is 81.0 Å². The molecule has 0 aliphatic rings. The second kappa shape index (κ2) is 12.6. The van der Waals surface area contributed by atoms with Crippen LogP contribution in [0.4, 0.5) is 5.69 Å². The van der Waals surface area contributed by atoms with Gasteiger partial charge in [-0.25, -0.2) is 0 Å². The minimum absolute atomic E-state index is 1.07. The molecule has 25 heavy (non-hydrogen) atoms. The largest absolute Gasteiger partial charge is 0.385 e. The lowest BCUT2D eigenvalue weighted by Crippen LogP contribution is -2.02. The minimum atomic E-state index is 1.07. The normalized spacial score (nSPS) is 10.8. The van der Waals surface area contributed by atoms with E-state index in [2.05, 4.69) is 66.8 Å². The van der Waals surface area contributed by atoms with Crippen molar-refractivity contribution in [1.29, 1.82) is 0 Å². The quantitative estimate of drug-likeness (QED) is 0.369. The monoisotopic (exact) mass is 337 g/mol. The summed E-state index contributed by atoms with van der Waals surface area (Å²) in [5.74, 6) is 0. The van der Waals surface area contributed by atoms with Gasteiger partial charge in [0.15, 0.2) is 0 Å².